The Kier molecular flexibility index (Phi) is 2.85. The molecule has 2 N–H and O–H groups in total. The van der Waals surface area contributed by atoms with Crippen molar-refractivity contribution in [2.75, 3.05) is 0 Å². The zero-order valence-electron chi connectivity index (χ0n) is 7.83. The first-order valence-electron chi connectivity index (χ1n) is 4.45. The summed E-state index contributed by atoms with van der Waals surface area (Å²) in [6, 6.07) is 6.31. The summed E-state index contributed by atoms with van der Waals surface area (Å²) in [6.45, 7) is 2.00. The van der Waals surface area contributed by atoms with Crippen molar-refractivity contribution < 1.29 is 0 Å². The fraction of sp³-hybridized carbons (Fsp3) is 0.300. The second kappa shape index (κ2) is 3.96. The summed E-state index contributed by atoms with van der Waals surface area (Å²) in [7, 11) is 0. The summed E-state index contributed by atoms with van der Waals surface area (Å²) >= 11 is 5.17. The van der Waals surface area contributed by atoms with Crippen LogP contribution < -0.4 is 5.73 Å². The number of nitrogens with zero attached hydrogens (tertiary/aromatic N) is 1. The molecule has 1 atom stereocenters. The minimum absolute atomic E-state index is 0.180. The molecule has 0 fully saturated rings. The number of hydrogen-bond donors (Lipinski definition) is 1. The van der Waals surface area contributed by atoms with E-state index in [2.05, 4.69) is 27.0 Å². The Morgan fingerprint density at radius 1 is 1.57 bits per heavy atom. The third-order valence-electron chi connectivity index (χ3n) is 1.89. The maximum Gasteiger partial charge on any atom is 0.0953 e. The van der Waals surface area contributed by atoms with Crippen LogP contribution in [0.4, 0.5) is 0 Å². The molecule has 1 aromatic heterocycles. The molecule has 0 amide bonds. The number of nitrogens with two attached hydrogens (primary N) is 1. The van der Waals surface area contributed by atoms with E-state index < -0.39 is 0 Å². The van der Waals surface area contributed by atoms with Crippen molar-refractivity contribution in [1.82, 2.24) is 4.98 Å². The largest absolute Gasteiger partial charge is 0.328 e. The van der Waals surface area contributed by atoms with Crippen LogP contribution in [-0.4, -0.2) is 11.0 Å². The minimum atomic E-state index is 0.180. The average Bonchev–Trinajstić information content (AvgIpc) is 2.44. The molecular weight excluding hydrogens is 260 g/mol. The highest BCUT2D eigenvalue weighted by Crippen LogP contribution is 2.25. The smallest absolute Gasteiger partial charge is 0.0953 e. The van der Waals surface area contributed by atoms with Crippen molar-refractivity contribution in [2.45, 2.75) is 19.4 Å². The van der Waals surface area contributed by atoms with Crippen LogP contribution in [0.3, 0.4) is 0 Å². The highest BCUT2D eigenvalue weighted by Gasteiger charge is 2.05. The first-order chi connectivity index (χ1) is 6.65. The molecule has 4 heteroatoms. The van der Waals surface area contributed by atoms with Crippen LogP contribution in [0.2, 0.25) is 0 Å². The van der Waals surface area contributed by atoms with E-state index in [0.29, 0.717) is 0 Å². The van der Waals surface area contributed by atoms with Gasteiger partial charge in [0.2, 0.25) is 0 Å². The van der Waals surface area contributed by atoms with E-state index in [1.807, 2.05) is 19.1 Å². The van der Waals surface area contributed by atoms with Crippen LogP contribution in [-0.2, 0) is 6.42 Å². The van der Waals surface area contributed by atoms with E-state index in [4.69, 9.17) is 5.73 Å². The summed E-state index contributed by atoms with van der Waals surface area (Å²) in [5.74, 6) is 0. The molecular formula is C10H11BrN2S. The first kappa shape index (κ1) is 10.1. The number of fused-ring (bicyclic) bond motifs is 1. The summed E-state index contributed by atoms with van der Waals surface area (Å²) in [5.41, 5.74) is 6.80. The van der Waals surface area contributed by atoms with Gasteiger partial charge in [-0.25, -0.2) is 4.98 Å². The summed E-state index contributed by atoms with van der Waals surface area (Å²) < 4.78 is 2.32. The van der Waals surface area contributed by atoms with Crippen LogP contribution in [0.15, 0.2) is 22.7 Å². The van der Waals surface area contributed by atoms with Crippen molar-refractivity contribution in [3.63, 3.8) is 0 Å². The van der Waals surface area contributed by atoms with Gasteiger partial charge in [0.25, 0.3) is 0 Å². The number of aromatic nitrogens is 1. The lowest BCUT2D eigenvalue weighted by Gasteiger charge is -1.98. The van der Waals surface area contributed by atoms with Gasteiger partial charge in [-0.1, -0.05) is 15.9 Å². The fourth-order valence-electron chi connectivity index (χ4n) is 1.31. The molecule has 0 spiro atoms. The van der Waals surface area contributed by atoms with Crippen molar-refractivity contribution in [3.05, 3.63) is 27.7 Å². The van der Waals surface area contributed by atoms with Gasteiger partial charge in [-0.2, -0.15) is 0 Å². The number of thiazole rings is 1. The van der Waals surface area contributed by atoms with Gasteiger partial charge in [0.05, 0.1) is 15.2 Å². The van der Waals surface area contributed by atoms with Gasteiger partial charge >= 0.3 is 0 Å². The van der Waals surface area contributed by atoms with Gasteiger partial charge in [0, 0.05) is 16.9 Å². The quantitative estimate of drug-likeness (QED) is 0.912. The fourth-order valence-corrected chi connectivity index (χ4v) is 2.97. The normalized spacial score (nSPS) is 13.4. The van der Waals surface area contributed by atoms with Gasteiger partial charge in [-0.15, -0.1) is 11.3 Å². The Labute approximate surface area is 95.3 Å². The van der Waals surface area contributed by atoms with Crippen LogP contribution >= 0.6 is 27.3 Å². The van der Waals surface area contributed by atoms with E-state index in [0.717, 1.165) is 21.4 Å². The van der Waals surface area contributed by atoms with Gasteiger partial charge in [0.15, 0.2) is 0 Å². The SMILES string of the molecule is CC(N)Cc1nc2ccc(Br)cc2s1. The number of halogens is 1. The molecule has 14 heavy (non-hydrogen) atoms. The molecule has 1 aromatic carbocycles. The number of benzene rings is 1. The molecule has 2 rings (SSSR count). The molecule has 1 unspecified atom stereocenters. The minimum Gasteiger partial charge on any atom is -0.328 e. The summed E-state index contributed by atoms with van der Waals surface area (Å²) in [5, 5.41) is 1.12. The van der Waals surface area contributed by atoms with E-state index in [9.17, 15) is 0 Å². The molecule has 74 valence electrons. The number of rotatable bonds is 2. The zero-order chi connectivity index (χ0) is 10.1. The lowest BCUT2D eigenvalue weighted by molar-refractivity contribution is 0.735. The zero-order valence-corrected chi connectivity index (χ0v) is 10.2. The summed E-state index contributed by atoms with van der Waals surface area (Å²) in [4.78, 5) is 4.51. The average molecular weight is 271 g/mol. The van der Waals surface area contributed by atoms with Gasteiger partial charge in [-0.05, 0) is 25.1 Å². The lowest BCUT2D eigenvalue weighted by Crippen LogP contribution is -2.17. The molecule has 0 aliphatic heterocycles. The van der Waals surface area contributed by atoms with E-state index in [1.54, 1.807) is 11.3 Å². The highest BCUT2D eigenvalue weighted by atomic mass is 79.9. The lowest BCUT2D eigenvalue weighted by atomic mass is 10.3. The topological polar surface area (TPSA) is 38.9 Å². The molecule has 2 nitrogen and oxygen atoms in total. The Hall–Kier alpha value is -0.450. The van der Waals surface area contributed by atoms with Crippen molar-refractivity contribution in [3.8, 4) is 0 Å². The Balaban J connectivity index is 2.41. The number of hydrogen-bond acceptors (Lipinski definition) is 3. The predicted molar refractivity (Wildman–Crippen MR) is 64.7 cm³/mol. The highest BCUT2D eigenvalue weighted by molar-refractivity contribution is 9.10. The monoisotopic (exact) mass is 270 g/mol. The predicted octanol–water partition coefficient (Wildman–Crippen LogP) is 2.95. The van der Waals surface area contributed by atoms with Crippen molar-refractivity contribution in [2.24, 2.45) is 5.73 Å². The molecule has 1 heterocycles. The second-order valence-corrected chi connectivity index (χ2v) is 5.43. The van der Waals surface area contributed by atoms with Crippen LogP contribution in [0.25, 0.3) is 10.2 Å². The maximum absolute atomic E-state index is 5.73. The Bertz CT molecular complexity index is 450. The third kappa shape index (κ3) is 2.13. The third-order valence-corrected chi connectivity index (χ3v) is 3.43. The molecule has 0 radical (unpaired) electrons. The molecule has 0 saturated heterocycles. The second-order valence-electron chi connectivity index (χ2n) is 3.40. The van der Waals surface area contributed by atoms with E-state index in [1.165, 1.54) is 4.70 Å². The standard InChI is InChI=1S/C10H11BrN2S/c1-6(12)4-10-13-8-3-2-7(11)5-9(8)14-10/h2-3,5-6H,4,12H2,1H3. The van der Waals surface area contributed by atoms with Gasteiger partial charge < -0.3 is 5.73 Å². The summed E-state index contributed by atoms with van der Waals surface area (Å²) in [6.07, 6.45) is 0.858. The molecule has 0 aliphatic rings. The Morgan fingerprint density at radius 3 is 3.07 bits per heavy atom. The first-order valence-corrected chi connectivity index (χ1v) is 6.06. The van der Waals surface area contributed by atoms with Gasteiger partial charge in [-0.3, -0.25) is 0 Å². The molecule has 2 aromatic rings. The van der Waals surface area contributed by atoms with Crippen LogP contribution in [0.1, 0.15) is 11.9 Å². The van der Waals surface area contributed by atoms with Crippen molar-refractivity contribution >= 4 is 37.5 Å². The molecule has 0 bridgehead atoms. The van der Waals surface area contributed by atoms with Crippen LogP contribution in [0.5, 0.6) is 0 Å². The molecule has 0 aliphatic carbocycles. The maximum atomic E-state index is 5.73. The Morgan fingerprint density at radius 2 is 2.36 bits per heavy atom. The van der Waals surface area contributed by atoms with Crippen molar-refractivity contribution in [1.29, 1.82) is 0 Å². The van der Waals surface area contributed by atoms with Gasteiger partial charge in [0.1, 0.15) is 0 Å². The van der Waals surface area contributed by atoms with E-state index >= 15 is 0 Å². The van der Waals surface area contributed by atoms with E-state index in [-0.39, 0.29) is 6.04 Å². The molecule has 0 saturated carbocycles. The van der Waals surface area contributed by atoms with Crippen LogP contribution in [0, 0.1) is 0 Å².